The Balaban J connectivity index is 1.64. The summed E-state index contributed by atoms with van der Waals surface area (Å²) in [6.07, 6.45) is 4.07. The topological polar surface area (TPSA) is 45.5 Å². The third kappa shape index (κ3) is 3.53. The first-order valence-corrected chi connectivity index (χ1v) is 10.00. The van der Waals surface area contributed by atoms with Crippen molar-refractivity contribution in [2.45, 2.75) is 19.8 Å². The predicted molar refractivity (Wildman–Crippen MR) is 114 cm³/mol. The van der Waals surface area contributed by atoms with Gasteiger partial charge in [-0.05, 0) is 42.8 Å². The van der Waals surface area contributed by atoms with Gasteiger partial charge in [0, 0.05) is 37.0 Å². The maximum atomic E-state index is 4.83. The molecule has 1 aromatic carbocycles. The van der Waals surface area contributed by atoms with Crippen molar-refractivity contribution in [1.29, 1.82) is 0 Å². The van der Waals surface area contributed by atoms with E-state index in [2.05, 4.69) is 57.4 Å². The number of anilines is 3. The number of hydrogen-bond donors (Lipinski definition) is 1. The summed E-state index contributed by atoms with van der Waals surface area (Å²) in [5.41, 5.74) is 6.35. The van der Waals surface area contributed by atoms with Crippen molar-refractivity contribution in [3.8, 4) is 11.4 Å². The van der Waals surface area contributed by atoms with E-state index < -0.39 is 0 Å². The lowest BCUT2D eigenvalue weighted by atomic mass is 10.2. The molecule has 4 rings (SSSR count). The van der Waals surface area contributed by atoms with Crippen LogP contribution in [0.25, 0.3) is 17.0 Å². The van der Waals surface area contributed by atoms with E-state index in [4.69, 9.17) is 9.97 Å². The normalized spacial score (nSPS) is 11.1. The Morgan fingerprint density at radius 2 is 1.89 bits per heavy atom. The van der Waals surface area contributed by atoms with Crippen LogP contribution in [0.5, 0.6) is 0 Å². The highest BCUT2D eigenvalue weighted by atomic mass is 32.1. The van der Waals surface area contributed by atoms with Gasteiger partial charge in [-0.1, -0.05) is 19.4 Å². The first-order valence-electron chi connectivity index (χ1n) is 9.12. The minimum absolute atomic E-state index is 0.885. The summed E-state index contributed by atoms with van der Waals surface area (Å²) in [4.78, 5) is 11.7. The van der Waals surface area contributed by atoms with E-state index in [1.165, 1.54) is 5.69 Å². The summed E-state index contributed by atoms with van der Waals surface area (Å²) in [6.45, 7) is 2.18. The van der Waals surface area contributed by atoms with E-state index in [9.17, 15) is 0 Å². The largest absolute Gasteiger partial charge is 0.378 e. The van der Waals surface area contributed by atoms with Gasteiger partial charge >= 0.3 is 0 Å². The van der Waals surface area contributed by atoms with Gasteiger partial charge in [0.1, 0.15) is 11.3 Å². The number of nitrogens with zero attached hydrogens (tertiary/aromatic N) is 4. The molecule has 0 unspecified atom stereocenters. The molecule has 0 aliphatic carbocycles. The van der Waals surface area contributed by atoms with Crippen LogP contribution in [0, 0.1) is 0 Å². The first-order chi connectivity index (χ1) is 13.2. The predicted octanol–water partition coefficient (Wildman–Crippen LogP) is 5.22. The van der Waals surface area contributed by atoms with Crippen molar-refractivity contribution >= 4 is 33.5 Å². The molecule has 0 bridgehead atoms. The van der Waals surface area contributed by atoms with Crippen LogP contribution in [0.3, 0.4) is 0 Å². The number of pyridine rings is 1. The summed E-state index contributed by atoms with van der Waals surface area (Å²) in [5.74, 6) is 0. The van der Waals surface area contributed by atoms with Crippen LogP contribution in [0.15, 0.2) is 54.0 Å². The van der Waals surface area contributed by atoms with Crippen molar-refractivity contribution in [3.63, 3.8) is 0 Å². The second-order valence-electron chi connectivity index (χ2n) is 6.69. The molecule has 0 spiro atoms. The molecular formula is C21H23N5S. The molecule has 3 aromatic heterocycles. The lowest BCUT2D eigenvalue weighted by Crippen LogP contribution is -2.08. The number of thiazole rings is 1. The Morgan fingerprint density at radius 3 is 2.63 bits per heavy atom. The van der Waals surface area contributed by atoms with Gasteiger partial charge < -0.3 is 10.2 Å². The number of aryl methyl sites for hydroxylation is 1. The second-order valence-corrected chi connectivity index (χ2v) is 7.55. The van der Waals surface area contributed by atoms with Crippen LogP contribution < -0.4 is 10.2 Å². The highest BCUT2D eigenvalue weighted by Gasteiger charge is 2.16. The maximum absolute atomic E-state index is 4.83. The molecule has 0 saturated heterocycles. The Kier molecular flexibility index (Phi) is 4.81. The highest BCUT2D eigenvalue weighted by Crippen LogP contribution is 2.31. The van der Waals surface area contributed by atoms with Gasteiger partial charge in [0.05, 0.1) is 11.4 Å². The van der Waals surface area contributed by atoms with Crippen molar-refractivity contribution in [2.75, 3.05) is 24.3 Å². The number of hydrogen-bond acceptors (Lipinski definition) is 5. The highest BCUT2D eigenvalue weighted by molar-refractivity contribution is 7.14. The SMILES string of the molecule is CCCc1nc2ccccn2c1-c1csc(Nc2ccc(N(C)C)cc2)n1. The van der Waals surface area contributed by atoms with E-state index in [1.807, 2.05) is 32.3 Å². The fourth-order valence-electron chi connectivity index (χ4n) is 3.13. The third-order valence-corrected chi connectivity index (χ3v) is 5.23. The Labute approximate surface area is 163 Å². The molecule has 5 nitrogen and oxygen atoms in total. The van der Waals surface area contributed by atoms with Crippen LogP contribution in [0.2, 0.25) is 0 Å². The van der Waals surface area contributed by atoms with Gasteiger partial charge in [-0.2, -0.15) is 0 Å². The zero-order valence-corrected chi connectivity index (χ0v) is 16.6. The minimum Gasteiger partial charge on any atom is -0.378 e. The minimum atomic E-state index is 0.885. The van der Waals surface area contributed by atoms with Crippen LogP contribution in [0.4, 0.5) is 16.5 Å². The number of aromatic nitrogens is 3. The van der Waals surface area contributed by atoms with Crippen molar-refractivity contribution in [2.24, 2.45) is 0 Å². The van der Waals surface area contributed by atoms with Gasteiger partial charge in [-0.15, -0.1) is 11.3 Å². The van der Waals surface area contributed by atoms with Crippen LogP contribution in [-0.2, 0) is 6.42 Å². The molecule has 0 aliphatic rings. The zero-order valence-electron chi connectivity index (χ0n) is 15.8. The van der Waals surface area contributed by atoms with Gasteiger partial charge in [0.2, 0.25) is 0 Å². The number of rotatable bonds is 6. The quantitative estimate of drug-likeness (QED) is 0.500. The fourth-order valence-corrected chi connectivity index (χ4v) is 3.85. The smallest absolute Gasteiger partial charge is 0.187 e. The zero-order chi connectivity index (χ0) is 18.8. The van der Waals surface area contributed by atoms with E-state index in [0.717, 1.165) is 46.4 Å². The summed E-state index contributed by atoms with van der Waals surface area (Å²) < 4.78 is 2.13. The molecular weight excluding hydrogens is 354 g/mol. The molecule has 3 heterocycles. The fraction of sp³-hybridized carbons (Fsp3) is 0.238. The van der Waals surface area contributed by atoms with E-state index in [0.29, 0.717) is 0 Å². The van der Waals surface area contributed by atoms with Crippen LogP contribution >= 0.6 is 11.3 Å². The number of benzene rings is 1. The second kappa shape index (κ2) is 7.40. The monoisotopic (exact) mass is 377 g/mol. The molecule has 1 N–H and O–H groups in total. The molecule has 6 heteroatoms. The average molecular weight is 378 g/mol. The summed E-state index contributed by atoms with van der Waals surface area (Å²) >= 11 is 1.61. The van der Waals surface area contributed by atoms with Gasteiger partial charge in [-0.25, -0.2) is 9.97 Å². The van der Waals surface area contributed by atoms with Gasteiger partial charge in [0.25, 0.3) is 0 Å². The molecule has 27 heavy (non-hydrogen) atoms. The Morgan fingerprint density at radius 1 is 1.07 bits per heavy atom. The lowest BCUT2D eigenvalue weighted by Gasteiger charge is -2.12. The molecule has 0 radical (unpaired) electrons. The molecule has 0 saturated carbocycles. The molecule has 138 valence electrons. The number of nitrogens with one attached hydrogen (secondary N) is 1. The standard InChI is InChI=1S/C21H23N5S/c1-4-7-17-20(26-13-6-5-8-19(26)23-17)18-14-27-21(24-18)22-15-9-11-16(12-10-15)25(2)3/h5-6,8-14H,4,7H2,1-3H3,(H,22,24). The molecule has 4 aromatic rings. The van der Waals surface area contributed by atoms with Crippen LogP contribution in [-0.4, -0.2) is 28.5 Å². The van der Waals surface area contributed by atoms with E-state index in [1.54, 1.807) is 11.3 Å². The van der Waals surface area contributed by atoms with Gasteiger partial charge in [-0.3, -0.25) is 4.40 Å². The number of imidazole rings is 1. The molecule has 0 amide bonds. The molecule has 0 fully saturated rings. The Hall–Kier alpha value is -2.86. The van der Waals surface area contributed by atoms with Crippen molar-refractivity contribution < 1.29 is 0 Å². The summed E-state index contributed by atoms with van der Waals surface area (Å²) in [5, 5.41) is 6.40. The van der Waals surface area contributed by atoms with Crippen molar-refractivity contribution in [3.05, 3.63) is 59.7 Å². The molecule has 0 atom stereocenters. The Bertz CT molecular complexity index is 1050. The maximum Gasteiger partial charge on any atom is 0.187 e. The average Bonchev–Trinajstić information content (AvgIpc) is 3.26. The van der Waals surface area contributed by atoms with E-state index in [-0.39, 0.29) is 0 Å². The van der Waals surface area contributed by atoms with E-state index >= 15 is 0 Å². The third-order valence-electron chi connectivity index (χ3n) is 4.47. The summed E-state index contributed by atoms with van der Waals surface area (Å²) in [7, 11) is 4.08. The first kappa shape index (κ1) is 17.5. The number of fused-ring (bicyclic) bond motifs is 1. The molecule has 0 aliphatic heterocycles. The lowest BCUT2D eigenvalue weighted by molar-refractivity contribution is 0.895. The van der Waals surface area contributed by atoms with Gasteiger partial charge in [0.15, 0.2) is 5.13 Å². The van der Waals surface area contributed by atoms with Crippen LogP contribution in [0.1, 0.15) is 19.0 Å². The summed E-state index contributed by atoms with van der Waals surface area (Å²) in [6, 6.07) is 14.4. The van der Waals surface area contributed by atoms with Crippen molar-refractivity contribution in [1.82, 2.24) is 14.4 Å².